The van der Waals surface area contributed by atoms with E-state index in [1.165, 1.54) is 6.26 Å². The lowest BCUT2D eigenvalue weighted by molar-refractivity contribution is 0.0704. The summed E-state index contributed by atoms with van der Waals surface area (Å²) in [6.45, 7) is 3.33. The van der Waals surface area contributed by atoms with E-state index in [0.29, 0.717) is 30.6 Å². The van der Waals surface area contributed by atoms with Crippen LogP contribution in [-0.2, 0) is 21.0 Å². The Morgan fingerprint density at radius 2 is 1.79 bits per heavy atom. The van der Waals surface area contributed by atoms with Gasteiger partial charge in [0.05, 0.1) is 10.3 Å². The Morgan fingerprint density at radius 3 is 2.45 bits per heavy atom. The molecule has 0 bridgehead atoms. The molecule has 0 N–H and O–H groups in total. The summed E-state index contributed by atoms with van der Waals surface area (Å²) in [7, 11) is -3.24. The molecule has 0 spiro atoms. The van der Waals surface area contributed by atoms with Crippen molar-refractivity contribution in [2.45, 2.75) is 37.1 Å². The topological polar surface area (TPSA) is 78.3 Å². The van der Waals surface area contributed by atoms with Gasteiger partial charge in [-0.3, -0.25) is 4.79 Å². The molecule has 29 heavy (non-hydrogen) atoms. The van der Waals surface area contributed by atoms with Crippen molar-refractivity contribution in [1.82, 2.24) is 9.55 Å². The van der Waals surface area contributed by atoms with E-state index in [4.69, 9.17) is 4.74 Å². The van der Waals surface area contributed by atoms with Crippen LogP contribution in [0.3, 0.4) is 0 Å². The summed E-state index contributed by atoms with van der Waals surface area (Å²) in [6.07, 6.45) is 5.33. The smallest absolute Gasteiger partial charge is 0.194 e. The first kappa shape index (κ1) is 19.8. The number of sulfone groups is 1. The second-order valence-electron chi connectivity index (χ2n) is 7.65. The molecular formula is C22H24N2O4S. The fraction of sp³-hybridized carbons (Fsp3) is 0.364. The molecule has 1 aromatic carbocycles. The molecule has 152 valence electrons. The Bertz CT molecular complexity index is 1210. The highest BCUT2D eigenvalue weighted by Crippen LogP contribution is 2.25. The van der Waals surface area contributed by atoms with Crippen LogP contribution in [0.15, 0.2) is 52.3 Å². The summed E-state index contributed by atoms with van der Waals surface area (Å²) >= 11 is 0. The number of fused-ring (bicyclic) bond motifs is 1. The molecule has 1 saturated heterocycles. The zero-order valence-electron chi connectivity index (χ0n) is 16.6. The lowest BCUT2D eigenvalue weighted by Crippen LogP contribution is -2.24. The second-order valence-corrected chi connectivity index (χ2v) is 9.67. The number of hydrogen-bond donors (Lipinski definition) is 0. The molecule has 1 aliphatic heterocycles. The van der Waals surface area contributed by atoms with Gasteiger partial charge in [0, 0.05) is 49.4 Å². The van der Waals surface area contributed by atoms with Gasteiger partial charge in [0.15, 0.2) is 15.3 Å². The average molecular weight is 413 g/mol. The highest BCUT2D eigenvalue weighted by Gasteiger charge is 2.20. The Hall–Kier alpha value is -2.51. The SMILES string of the molecule is Cc1ccc2c(=O)c(Cc3ccc(S(C)(=O)=O)cc3)cn(C3CCOCC3)c2n1. The first-order valence-electron chi connectivity index (χ1n) is 9.71. The third kappa shape index (κ3) is 4.11. The van der Waals surface area contributed by atoms with Crippen LogP contribution in [-0.4, -0.2) is 37.4 Å². The largest absolute Gasteiger partial charge is 0.381 e. The van der Waals surface area contributed by atoms with Gasteiger partial charge in [-0.1, -0.05) is 12.1 Å². The molecular weight excluding hydrogens is 388 g/mol. The number of nitrogens with zero attached hydrogens (tertiary/aromatic N) is 2. The molecule has 3 aromatic rings. The van der Waals surface area contributed by atoms with E-state index >= 15 is 0 Å². The van der Waals surface area contributed by atoms with E-state index in [2.05, 4.69) is 9.55 Å². The lowest BCUT2D eigenvalue weighted by atomic mass is 10.0. The van der Waals surface area contributed by atoms with Crippen LogP contribution in [0.25, 0.3) is 11.0 Å². The number of aromatic nitrogens is 2. The summed E-state index contributed by atoms with van der Waals surface area (Å²) in [5.74, 6) is 0. The molecule has 0 unspecified atom stereocenters. The maximum Gasteiger partial charge on any atom is 0.194 e. The van der Waals surface area contributed by atoms with Gasteiger partial charge in [-0.05, 0) is 49.6 Å². The van der Waals surface area contributed by atoms with Crippen molar-refractivity contribution in [2.24, 2.45) is 0 Å². The molecule has 0 saturated carbocycles. The van der Waals surface area contributed by atoms with Crippen molar-refractivity contribution in [3.8, 4) is 0 Å². The van der Waals surface area contributed by atoms with Crippen LogP contribution in [0, 0.1) is 6.92 Å². The predicted molar refractivity (Wildman–Crippen MR) is 112 cm³/mol. The van der Waals surface area contributed by atoms with Crippen molar-refractivity contribution in [1.29, 1.82) is 0 Å². The third-order valence-corrected chi connectivity index (χ3v) is 6.55. The van der Waals surface area contributed by atoms with E-state index in [1.54, 1.807) is 24.3 Å². The van der Waals surface area contributed by atoms with Gasteiger partial charge in [-0.15, -0.1) is 0 Å². The van der Waals surface area contributed by atoms with Gasteiger partial charge >= 0.3 is 0 Å². The molecule has 4 rings (SSSR count). The third-order valence-electron chi connectivity index (χ3n) is 5.42. The van der Waals surface area contributed by atoms with Crippen molar-refractivity contribution in [3.63, 3.8) is 0 Å². The zero-order chi connectivity index (χ0) is 20.6. The van der Waals surface area contributed by atoms with E-state index < -0.39 is 9.84 Å². The molecule has 1 aliphatic rings. The molecule has 0 aliphatic carbocycles. The normalized spacial score (nSPS) is 15.7. The maximum atomic E-state index is 13.1. The van der Waals surface area contributed by atoms with Crippen LogP contribution < -0.4 is 5.43 Å². The minimum atomic E-state index is -3.24. The van der Waals surface area contributed by atoms with E-state index in [1.807, 2.05) is 25.3 Å². The fourth-order valence-corrected chi connectivity index (χ4v) is 4.45. The second kappa shape index (κ2) is 7.72. The summed E-state index contributed by atoms with van der Waals surface area (Å²) in [5, 5.41) is 0.618. The van der Waals surface area contributed by atoms with E-state index in [0.717, 1.165) is 29.7 Å². The van der Waals surface area contributed by atoms with E-state index in [9.17, 15) is 13.2 Å². The van der Waals surface area contributed by atoms with Crippen LogP contribution >= 0.6 is 0 Å². The monoisotopic (exact) mass is 412 g/mol. The zero-order valence-corrected chi connectivity index (χ0v) is 17.4. The van der Waals surface area contributed by atoms with Crippen LogP contribution in [0.4, 0.5) is 0 Å². The quantitative estimate of drug-likeness (QED) is 0.658. The van der Waals surface area contributed by atoms with Crippen molar-refractivity contribution in [2.75, 3.05) is 19.5 Å². The van der Waals surface area contributed by atoms with Crippen molar-refractivity contribution >= 4 is 20.9 Å². The molecule has 0 amide bonds. The molecule has 3 heterocycles. The number of aryl methyl sites for hydroxylation is 1. The predicted octanol–water partition coefficient (Wildman–Crippen LogP) is 3.05. The number of hydrogen-bond acceptors (Lipinski definition) is 5. The van der Waals surface area contributed by atoms with Crippen LogP contribution in [0.5, 0.6) is 0 Å². The summed E-state index contributed by atoms with van der Waals surface area (Å²) < 4.78 is 31.0. The number of rotatable bonds is 4. The summed E-state index contributed by atoms with van der Waals surface area (Å²) in [5.41, 5.74) is 3.15. The Labute approximate surface area is 170 Å². The van der Waals surface area contributed by atoms with Gasteiger partial charge < -0.3 is 9.30 Å². The minimum Gasteiger partial charge on any atom is -0.381 e. The lowest BCUT2D eigenvalue weighted by Gasteiger charge is -2.26. The van der Waals surface area contributed by atoms with Gasteiger partial charge in [-0.25, -0.2) is 13.4 Å². The summed E-state index contributed by atoms with van der Waals surface area (Å²) in [4.78, 5) is 18.1. The first-order valence-corrected chi connectivity index (χ1v) is 11.6. The molecule has 0 radical (unpaired) electrons. The number of pyridine rings is 2. The van der Waals surface area contributed by atoms with Crippen LogP contribution in [0.2, 0.25) is 0 Å². The van der Waals surface area contributed by atoms with Crippen molar-refractivity contribution < 1.29 is 13.2 Å². The number of benzene rings is 1. The number of ether oxygens (including phenoxy) is 1. The first-order chi connectivity index (χ1) is 13.8. The molecule has 0 atom stereocenters. The van der Waals surface area contributed by atoms with Gasteiger partial charge in [0.2, 0.25) is 0 Å². The molecule has 6 nitrogen and oxygen atoms in total. The minimum absolute atomic E-state index is 0.0250. The van der Waals surface area contributed by atoms with Crippen LogP contribution in [0.1, 0.15) is 35.7 Å². The Balaban J connectivity index is 1.79. The molecule has 7 heteroatoms. The highest BCUT2D eigenvalue weighted by atomic mass is 32.2. The fourth-order valence-electron chi connectivity index (χ4n) is 3.82. The van der Waals surface area contributed by atoms with Gasteiger partial charge in [-0.2, -0.15) is 0 Å². The molecule has 2 aromatic heterocycles. The van der Waals surface area contributed by atoms with Gasteiger partial charge in [0.1, 0.15) is 5.65 Å². The van der Waals surface area contributed by atoms with E-state index in [-0.39, 0.29) is 16.4 Å². The maximum absolute atomic E-state index is 13.1. The average Bonchev–Trinajstić information content (AvgIpc) is 2.70. The molecule has 1 fully saturated rings. The Kier molecular flexibility index (Phi) is 5.27. The van der Waals surface area contributed by atoms with Crippen molar-refractivity contribution in [3.05, 3.63) is 69.6 Å². The Morgan fingerprint density at radius 1 is 1.10 bits per heavy atom. The standard InChI is InChI=1S/C22H24N2O4S/c1-15-3-8-20-21(25)17(13-16-4-6-19(7-5-16)29(2,26)27)14-24(22(20)23-15)18-9-11-28-12-10-18/h3-8,14,18H,9-13H2,1-2H3. The highest BCUT2D eigenvalue weighted by molar-refractivity contribution is 7.90. The summed E-state index contributed by atoms with van der Waals surface area (Å²) in [6, 6.07) is 10.7. The van der Waals surface area contributed by atoms with Gasteiger partial charge in [0.25, 0.3) is 0 Å².